The second-order valence-electron chi connectivity index (χ2n) is 9.61. The maximum absolute atomic E-state index is 13.8. The lowest BCUT2D eigenvalue weighted by Crippen LogP contribution is -2.61. The standard InChI is InChI=1S/C23H28ClN5O2/c1-15(2)10-27-9-8-23(12-27)13-28(14-23)22(31)29-18-7-5-4-6-17(18)25-21(30)20-19(29)16(24)11-26(20)3/h4-7,11,15H,8-10,12-14H2,1-3H3,(H,25,30). The summed E-state index contributed by atoms with van der Waals surface area (Å²) >= 11 is 6.54. The van der Waals surface area contributed by atoms with Crippen LogP contribution in [0.25, 0.3) is 0 Å². The van der Waals surface area contributed by atoms with E-state index in [0.29, 0.717) is 33.7 Å². The first-order chi connectivity index (χ1) is 14.8. The minimum Gasteiger partial charge on any atom is -0.343 e. The van der Waals surface area contributed by atoms with Crippen LogP contribution < -0.4 is 10.2 Å². The zero-order valence-electron chi connectivity index (χ0n) is 18.2. The molecule has 2 aromatic rings. The van der Waals surface area contributed by atoms with Gasteiger partial charge in [-0.25, -0.2) is 4.79 Å². The molecule has 4 heterocycles. The number of hydrogen-bond acceptors (Lipinski definition) is 3. The van der Waals surface area contributed by atoms with Gasteiger partial charge in [0.2, 0.25) is 0 Å². The van der Waals surface area contributed by atoms with E-state index in [1.54, 1.807) is 22.7 Å². The molecule has 0 aliphatic carbocycles. The number of aromatic nitrogens is 1. The monoisotopic (exact) mass is 441 g/mol. The van der Waals surface area contributed by atoms with Crippen LogP contribution in [0.5, 0.6) is 0 Å². The molecule has 31 heavy (non-hydrogen) atoms. The summed E-state index contributed by atoms with van der Waals surface area (Å²) in [6.07, 6.45) is 2.80. The molecule has 3 aliphatic heterocycles. The number of para-hydroxylation sites is 2. The van der Waals surface area contributed by atoms with Gasteiger partial charge in [-0.2, -0.15) is 0 Å². The van der Waals surface area contributed by atoms with Crippen molar-refractivity contribution in [2.45, 2.75) is 20.3 Å². The van der Waals surface area contributed by atoms with Crippen LogP contribution in [-0.4, -0.2) is 59.0 Å². The molecule has 1 N–H and O–H groups in total. The molecule has 2 fully saturated rings. The molecule has 7 nitrogen and oxygen atoms in total. The number of likely N-dealkylation sites (tertiary alicyclic amines) is 2. The largest absolute Gasteiger partial charge is 0.343 e. The van der Waals surface area contributed by atoms with Crippen molar-refractivity contribution in [3.63, 3.8) is 0 Å². The minimum absolute atomic E-state index is 0.133. The predicted octanol–water partition coefficient (Wildman–Crippen LogP) is 4.17. The van der Waals surface area contributed by atoms with Crippen molar-refractivity contribution in [1.29, 1.82) is 0 Å². The molecule has 3 aliphatic rings. The highest BCUT2D eigenvalue weighted by Gasteiger charge is 2.51. The van der Waals surface area contributed by atoms with Crippen LogP contribution >= 0.6 is 11.6 Å². The summed E-state index contributed by atoms with van der Waals surface area (Å²) in [5, 5.41) is 3.31. The molecule has 1 aromatic heterocycles. The van der Waals surface area contributed by atoms with Crippen molar-refractivity contribution in [3.8, 4) is 0 Å². The van der Waals surface area contributed by atoms with Gasteiger partial charge in [0.15, 0.2) is 0 Å². The van der Waals surface area contributed by atoms with Crippen molar-refractivity contribution in [2.24, 2.45) is 18.4 Å². The van der Waals surface area contributed by atoms with Gasteiger partial charge in [0, 0.05) is 44.8 Å². The number of fused-ring (bicyclic) bond motifs is 2. The first-order valence-corrected chi connectivity index (χ1v) is 11.2. The average Bonchev–Trinajstić information content (AvgIpc) is 3.18. The normalized spacial score (nSPS) is 19.8. The molecule has 0 radical (unpaired) electrons. The lowest BCUT2D eigenvalue weighted by atomic mass is 9.79. The zero-order valence-corrected chi connectivity index (χ0v) is 18.9. The highest BCUT2D eigenvalue weighted by molar-refractivity contribution is 6.36. The van der Waals surface area contributed by atoms with Crippen molar-refractivity contribution in [1.82, 2.24) is 14.4 Å². The third-order valence-corrected chi connectivity index (χ3v) is 6.87. The van der Waals surface area contributed by atoms with Gasteiger partial charge in [-0.05, 0) is 31.0 Å². The lowest BCUT2D eigenvalue weighted by Gasteiger charge is -2.49. The molecule has 2 saturated heterocycles. The highest BCUT2D eigenvalue weighted by atomic mass is 35.5. The average molecular weight is 442 g/mol. The van der Waals surface area contributed by atoms with Crippen LogP contribution in [0.2, 0.25) is 5.02 Å². The molecule has 164 valence electrons. The fourth-order valence-corrected chi connectivity index (χ4v) is 5.65. The number of aryl methyl sites for hydroxylation is 1. The van der Waals surface area contributed by atoms with E-state index in [9.17, 15) is 9.59 Å². The second-order valence-corrected chi connectivity index (χ2v) is 10.0. The summed E-state index contributed by atoms with van der Waals surface area (Å²) in [6.45, 7) is 9.21. The van der Waals surface area contributed by atoms with E-state index in [-0.39, 0.29) is 17.4 Å². The van der Waals surface area contributed by atoms with E-state index in [4.69, 9.17) is 11.6 Å². The summed E-state index contributed by atoms with van der Waals surface area (Å²) < 4.78 is 1.68. The number of nitrogens with one attached hydrogen (secondary N) is 1. The first-order valence-electron chi connectivity index (χ1n) is 10.8. The number of hydrogen-bond donors (Lipinski definition) is 1. The maximum atomic E-state index is 13.8. The fourth-order valence-electron chi connectivity index (χ4n) is 5.33. The second kappa shape index (κ2) is 7.28. The van der Waals surface area contributed by atoms with E-state index in [1.165, 1.54) is 0 Å². The molecule has 0 bridgehead atoms. The molecule has 8 heteroatoms. The summed E-state index contributed by atoms with van der Waals surface area (Å²) in [5.74, 6) is 0.373. The Bertz CT molecular complexity index is 1060. The number of urea groups is 1. The molecular weight excluding hydrogens is 414 g/mol. The molecule has 0 unspecified atom stereocenters. The van der Waals surface area contributed by atoms with Gasteiger partial charge >= 0.3 is 6.03 Å². The number of carbonyl (C=O) groups excluding carboxylic acids is 2. The smallest absolute Gasteiger partial charge is 0.329 e. The number of anilines is 3. The quantitative estimate of drug-likeness (QED) is 0.761. The topological polar surface area (TPSA) is 60.8 Å². The van der Waals surface area contributed by atoms with Gasteiger partial charge < -0.3 is 19.7 Å². The Morgan fingerprint density at radius 1 is 1.23 bits per heavy atom. The van der Waals surface area contributed by atoms with Gasteiger partial charge in [-0.1, -0.05) is 37.6 Å². The number of rotatable bonds is 2. The number of halogens is 1. The first kappa shape index (κ1) is 20.4. The van der Waals surface area contributed by atoms with Crippen LogP contribution in [0.1, 0.15) is 30.8 Å². The van der Waals surface area contributed by atoms with Crippen LogP contribution in [0.3, 0.4) is 0 Å². The Labute approximate surface area is 187 Å². The molecule has 5 rings (SSSR count). The van der Waals surface area contributed by atoms with Crippen LogP contribution in [0, 0.1) is 11.3 Å². The molecule has 1 aromatic carbocycles. The summed E-state index contributed by atoms with van der Waals surface area (Å²) in [4.78, 5) is 32.7. The number of carbonyl (C=O) groups is 2. The summed E-state index contributed by atoms with van der Waals surface area (Å²) in [5.41, 5.74) is 2.26. The van der Waals surface area contributed by atoms with Gasteiger partial charge in [-0.3, -0.25) is 9.69 Å². The zero-order chi connectivity index (χ0) is 21.9. The summed E-state index contributed by atoms with van der Waals surface area (Å²) in [6, 6.07) is 7.24. The molecule has 1 spiro atoms. The maximum Gasteiger partial charge on any atom is 0.329 e. The molecule has 0 atom stereocenters. The third-order valence-electron chi connectivity index (χ3n) is 6.60. The van der Waals surface area contributed by atoms with Gasteiger partial charge in [0.05, 0.1) is 16.4 Å². The van der Waals surface area contributed by atoms with Crippen molar-refractivity contribution < 1.29 is 9.59 Å². The minimum atomic E-state index is -0.271. The number of nitrogens with zero attached hydrogens (tertiary/aromatic N) is 4. The van der Waals surface area contributed by atoms with Crippen molar-refractivity contribution >= 4 is 40.6 Å². The van der Waals surface area contributed by atoms with Crippen molar-refractivity contribution in [2.75, 3.05) is 42.9 Å². The highest BCUT2D eigenvalue weighted by Crippen LogP contribution is 2.46. The van der Waals surface area contributed by atoms with E-state index < -0.39 is 0 Å². The lowest BCUT2D eigenvalue weighted by molar-refractivity contribution is 0.0415. The predicted molar refractivity (Wildman–Crippen MR) is 122 cm³/mol. The SMILES string of the molecule is CC(C)CN1CCC2(C1)CN(C(=O)N1c3ccccc3NC(=O)c3c1c(Cl)cn3C)C2. The molecule has 0 saturated carbocycles. The van der Waals surface area contributed by atoms with Gasteiger partial charge in [-0.15, -0.1) is 0 Å². The van der Waals surface area contributed by atoms with Gasteiger partial charge in [0.1, 0.15) is 11.4 Å². The van der Waals surface area contributed by atoms with Crippen LogP contribution in [0.15, 0.2) is 30.5 Å². The van der Waals surface area contributed by atoms with E-state index in [2.05, 4.69) is 24.1 Å². The van der Waals surface area contributed by atoms with Crippen molar-refractivity contribution in [3.05, 3.63) is 41.2 Å². The number of benzene rings is 1. The number of amides is 3. The molecular formula is C23H28ClN5O2. The Kier molecular flexibility index (Phi) is 4.79. The van der Waals surface area contributed by atoms with Crippen LogP contribution in [0.4, 0.5) is 21.9 Å². The molecule has 3 amide bonds. The van der Waals surface area contributed by atoms with E-state index in [0.717, 1.165) is 39.1 Å². The fraction of sp³-hybridized carbons (Fsp3) is 0.478. The van der Waals surface area contributed by atoms with Crippen LogP contribution in [-0.2, 0) is 7.05 Å². The Morgan fingerprint density at radius 3 is 2.71 bits per heavy atom. The Morgan fingerprint density at radius 2 is 1.97 bits per heavy atom. The Hall–Kier alpha value is -2.51. The third kappa shape index (κ3) is 3.31. The van der Waals surface area contributed by atoms with E-state index in [1.807, 2.05) is 29.2 Å². The summed E-state index contributed by atoms with van der Waals surface area (Å²) in [7, 11) is 1.77. The van der Waals surface area contributed by atoms with E-state index >= 15 is 0 Å². The van der Waals surface area contributed by atoms with Gasteiger partial charge in [0.25, 0.3) is 5.91 Å². The Balaban J connectivity index is 1.45.